The Balaban J connectivity index is 0.00000289. The lowest BCUT2D eigenvalue weighted by molar-refractivity contribution is -0.121. The van der Waals surface area contributed by atoms with Crippen molar-refractivity contribution in [3.63, 3.8) is 0 Å². The van der Waals surface area contributed by atoms with Gasteiger partial charge in [-0.25, -0.2) is 4.98 Å². The summed E-state index contributed by atoms with van der Waals surface area (Å²) in [5.74, 6) is 0.568. The minimum Gasteiger partial charge on any atom is -0.486 e. The van der Waals surface area contributed by atoms with Gasteiger partial charge in [0.15, 0.2) is 16.6 Å². The number of carbonyl (C=O) groups excluding carboxylic acids is 3. The molecule has 3 heterocycles. The van der Waals surface area contributed by atoms with Crippen LogP contribution in [0.5, 0.6) is 11.5 Å². The van der Waals surface area contributed by atoms with Gasteiger partial charge in [0.1, 0.15) is 13.2 Å². The maximum absolute atomic E-state index is 13.7. The van der Waals surface area contributed by atoms with E-state index in [1.807, 2.05) is 31.1 Å². The van der Waals surface area contributed by atoms with Gasteiger partial charge in [0.25, 0.3) is 5.91 Å². The maximum atomic E-state index is 13.7. The van der Waals surface area contributed by atoms with Crippen molar-refractivity contribution in [1.29, 1.82) is 0 Å². The molecule has 0 saturated carbocycles. The molecule has 1 saturated heterocycles. The lowest BCUT2D eigenvalue weighted by Gasteiger charge is -2.22. The number of likely N-dealkylation sites (N-methyl/N-ethyl adjacent to an activating group) is 1. The number of hydrogen-bond donors (Lipinski definition) is 0. The molecule has 5 rings (SSSR count). The van der Waals surface area contributed by atoms with E-state index in [-0.39, 0.29) is 43.0 Å². The first-order valence-corrected chi connectivity index (χ1v) is 11.8. The van der Waals surface area contributed by atoms with E-state index in [4.69, 9.17) is 14.5 Å². The minimum atomic E-state index is -0.251. The minimum absolute atomic E-state index is 0. The lowest BCUT2D eigenvalue weighted by Crippen LogP contribution is -2.37. The van der Waals surface area contributed by atoms with Gasteiger partial charge in [0.2, 0.25) is 11.8 Å². The smallest absolute Gasteiger partial charge is 0.260 e. The molecule has 1 aromatic heterocycles. The molecule has 11 heteroatoms. The number of thiazole rings is 1. The van der Waals surface area contributed by atoms with Gasteiger partial charge < -0.3 is 14.4 Å². The van der Waals surface area contributed by atoms with Crippen LogP contribution in [0.15, 0.2) is 36.4 Å². The number of carbonyl (C=O) groups is 3. The highest BCUT2D eigenvalue weighted by molar-refractivity contribution is 7.22. The molecular weight excluding hydrogens is 492 g/mol. The number of aromatic nitrogens is 1. The summed E-state index contributed by atoms with van der Waals surface area (Å²) >= 11 is 1.40. The third-order valence-corrected chi connectivity index (χ3v) is 6.73. The average molecular weight is 517 g/mol. The summed E-state index contributed by atoms with van der Waals surface area (Å²) in [5.41, 5.74) is 1.53. The van der Waals surface area contributed by atoms with E-state index in [0.29, 0.717) is 54.2 Å². The molecule has 0 aliphatic carbocycles. The van der Waals surface area contributed by atoms with Gasteiger partial charge in [-0.2, -0.15) is 0 Å². The number of hydrogen-bond acceptors (Lipinski definition) is 8. The molecule has 2 aromatic carbocycles. The molecule has 0 spiro atoms. The molecule has 1 fully saturated rings. The standard InChI is InChI=1S/C24H24N4O5S.ClH/c1-26(2)8-9-27(24-25-17-13-18-19(14-20(17)34-24)33-11-10-32-18)23(31)15-4-3-5-16(12-15)28-21(29)6-7-22(28)30;/h3-5,12-14H,6-11H2,1-2H3;1H. The fourth-order valence-corrected chi connectivity index (χ4v) is 4.95. The molecule has 0 unspecified atom stereocenters. The number of anilines is 2. The van der Waals surface area contributed by atoms with Crippen molar-refractivity contribution >= 4 is 62.5 Å². The SMILES string of the molecule is CN(C)CCN(C(=O)c1cccc(N2C(=O)CCC2=O)c1)c1nc2cc3c(cc2s1)OCCO3.Cl. The second-order valence-corrected chi connectivity index (χ2v) is 9.40. The van der Waals surface area contributed by atoms with Crippen LogP contribution in [-0.2, 0) is 9.59 Å². The number of halogens is 1. The second-order valence-electron chi connectivity index (χ2n) is 8.39. The molecule has 3 amide bonds. The van der Waals surface area contributed by atoms with Crippen molar-refractivity contribution < 1.29 is 23.9 Å². The number of fused-ring (bicyclic) bond motifs is 2. The first-order valence-electron chi connectivity index (χ1n) is 11.0. The Morgan fingerprint density at radius 3 is 2.40 bits per heavy atom. The van der Waals surface area contributed by atoms with Gasteiger partial charge in [-0.15, -0.1) is 12.4 Å². The summed E-state index contributed by atoms with van der Waals surface area (Å²) in [4.78, 5) is 47.5. The van der Waals surface area contributed by atoms with E-state index in [0.717, 1.165) is 15.1 Å². The normalized spacial score (nSPS) is 15.0. The number of ether oxygens (including phenoxy) is 2. The molecule has 184 valence electrons. The van der Waals surface area contributed by atoms with Gasteiger partial charge in [-0.05, 0) is 32.3 Å². The van der Waals surface area contributed by atoms with Crippen LogP contribution in [0.2, 0.25) is 0 Å². The Kier molecular flexibility index (Phi) is 7.25. The Bertz CT molecular complexity index is 1240. The third-order valence-electron chi connectivity index (χ3n) is 5.69. The van der Waals surface area contributed by atoms with Crippen LogP contribution in [0.4, 0.5) is 10.8 Å². The molecule has 0 N–H and O–H groups in total. The van der Waals surface area contributed by atoms with Crippen molar-refractivity contribution in [2.45, 2.75) is 12.8 Å². The van der Waals surface area contributed by atoms with E-state index >= 15 is 0 Å². The third kappa shape index (κ3) is 4.95. The number of rotatable bonds is 6. The number of imide groups is 1. The zero-order chi connectivity index (χ0) is 23.8. The van der Waals surface area contributed by atoms with E-state index < -0.39 is 0 Å². The van der Waals surface area contributed by atoms with E-state index in [2.05, 4.69) is 0 Å². The Labute approximate surface area is 212 Å². The zero-order valence-corrected chi connectivity index (χ0v) is 21.0. The summed E-state index contributed by atoms with van der Waals surface area (Å²) in [6, 6.07) is 10.4. The predicted molar refractivity (Wildman–Crippen MR) is 136 cm³/mol. The van der Waals surface area contributed by atoms with Gasteiger partial charge in [0, 0.05) is 43.6 Å². The topological polar surface area (TPSA) is 92.3 Å². The Hall–Kier alpha value is -3.21. The molecule has 3 aromatic rings. The van der Waals surface area contributed by atoms with Gasteiger partial charge in [-0.3, -0.25) is 24.2 Å². The molecule has 2 aliphatic heterocycles. The molecule has 9 nitrogen and oxygen atoms in total. The van der Waals surface area contributed by atoms with Crippen LogP contribution in [0.1, 0.15) is 23.2 Å². The van der Waals surface area contributed by atoms with Crippen molar-refractivity contribution in [3.05, 3.63) is 42.0 Å². The highest BCUT2D eigenvalue weighted by Gasteiger charge is 2.31. The summed E-state index contributed by atoms with van der Waals surface area (Å²) in [6.45, 7) is 2.04. The van der Waals surface area contributed by atoms with Crippen LogP contribution in [0.3, 0.4) is 0 Å². The van der Waals surface area contributed by atoms with Crippen molar-refractivity contribution in [2.24, 2.45) is 0 Å². The van der Waals surface area contributed by atoms with Crippen molar-refractivity contribution in [1.82, 2.24) is 9.88 Å². The highest BCUT2D eigenvalue weighted by Crippen LogP contribution is 2.39. The van der Waals surface area contributed by atoms with Crippen LogP contribution < -0.4 is 19.3 Å². The van der Waals surface area contributed by atoms with Crippen LogP contribution >= 0.6 is 23.7 Å². The molecule has 35 heavy (non-hydrogen) atoms. The monoisotopic (exact) mass is 516 g/mol. The van der Waals surface area contributed by atoms with Crippen LogP contribution in [-0.4, -0.2) is 68.0 Å². The van der Waals surface area contributed by atoms with Crippen LogP contribution in [0.25, 0.3) is 10.2 Å². The summed E-state index contributed by atoms with van der Waals surface area (Å²) in [5, 5.41) is 0.558. The number of benzene rings is 2. The first kappa shape index (κ1) is 24.9. The van der Waals surface area contributed by atoms with Crippen molar-refractivity contribution in [2.75, 3.05) is 50.2 Å². The summed E-state index contributed by atoms with van der Waals surface area (Å²) in [6.07, 6.45) is 0.379. The first-order chi connectivity index (χ1) is 16.4. The van der Waals surface area contributed by atoms with E-state index in [1.54, 1.807) is 29.2 Å². The Morgan fingerprint density at radius 1 is 1.03 bits per heavy atom. The number of amides is 3. The molecule has 0 bridgehead atoms. The van der Waals surface area contributed by atoms with Crippen molar-refractivity contribution in [3.8, 4) is 11.5 Å². The average Bonchev–Trinajstić information content (AvgIpc) is 3.39. The molecule has 0 radical (unpaired) electrons. The van der Waals surface area contributed by atoms with Crippen LogP contribution in [0, 0.1) is 0 Å². The Morgan fingerprint density at radius 2 is 1.71 bits per heavy atom. The molecule has 2 aliphatic rings. The quantitative estimate of drug-likeness (QED) is 0.464. The maximum Gasteiger partial charge on any atom is 0.260 e. The summed E-state index contributed by atoms with van der Waals surface area (Å²) < 4.78 is 12.2. The zero-order valence-electron chi connectivity index (χ0n) is 19.4. The van der Waals surface area contributed by atoms with Gasteiger partial charge in [-0.1, -0.05) is 17.4 Å². The highest BCUT2D eigenvalue weighted by atomic mass is 35.5. The molecular formula is C24H25ClN4O5S. The molecule has 0 atom stereocenters. The summed E-state index contributed by atoms with van der Waals surface area (Å²) in [7, 11) is 3.88. The fourth-order valence-electron chi connectivity index (χ4n) is 3.95. The van der Waals surface area contributed by atoms with E-state index in [1.165, 1.54) is 11.3 Å². The fraction of sp³-hybridized carbons (Fsp3) is 0.333. The predicted octanol–water partition coefficient (Wildman–Crippen LogP) is 3.35. The van der Waals surface area contributed by atoms with E-state index in [9.17, 15) is 14.4 Å². The van der Waals surface area contributed by atoms with Gasteiger partial charge in [0.05, 0.1) is 15.9 Å². The van der Waals surface area contributed by atoms with Gasteiger partial charge >= 0.3 is 0 Å². The number of nitrogens with zero attached hydrogens (tertiary/aromatic N) is 4. The second kappa shape index (κ2) is 10.2. The lowest BCUT2D eigenvalue weighted by atomic mass is 10.1. The largest absolute Gasteiger partial charge is 0.486 e.